The minimum absolute atomic E-state index is 0.0519. The molecule has 1 atom stereocenters. The highest BCUT2D eigenvalue weighted by Gasteiger charge is 2.45. The molecular formula is C23H27FN2O2. The van der Waals surface area contributed by atoms with Gasteiger partial charge in [-0.1, -0.05) is 31.2 Å². The summed E-state index contributed by atoms with van der Waals surface area (Å²) in [5, 5.41) is 0. The summed E-state index contributed by atoms with van der Waals surface area (Å²) in [5.41, 5.74) is 1.99. The lowest BCUT2D eigenvalue weighted by Crippen LogP contribution is -2.51. The van der Waals surface area contributed by atoms with Crippen LogP contribution in [0.15, 0.2) is 48.5 Å². The molecule has 2 aromatic rings. The number of benzene rings is 2. The molecule has 4 rings (SSSR count). The molecule has 5 heteroatoms. The van der Waals surface area contributed by atoms with Crippen LogP contribution in [-0.4, -0.2) is 39.3 Å². The molecule has 0 spiro atoms. The van der Waals surface area contributed by atoms with Crippen LogP contribution in [0.25, 0.3) is 0 Å². The minimum Gasteiger partial charge on any atom is -0.381 e. The highest BCUT2D eigenvalue weighted by atomic mass is 19.1. The third-order valence-electron chi connectivity index (χ3n) is 6.04. The van der Waals surface area contributed by atoms with Gasteiger partial charge >= 0.3 is 0 Å². The summed E-state index contributed by atoms with van der Waals surface area (Å²) in [6.07, 6.45) is 1.14. The molecule has 2 aliphatic heterocycles. The normalized spacial score (nSPS) is 21.8. The Kier molecular flexibility index (Phi) is 5.11. The van der Waals surface area contributed by atoms with Gasteiger partial charge in [0.15, 0.2) is 0 Å². The number of carbonyl (C=O) groups is 1. The van der Waals surface area contributed by atoms with Crippen molar-refractivity contribution in [2.24, 2.45) is 5.92 Å². The van der Waals surface area contributed by atoms with Gasteiger partial charge in [0.05, 0.1) is 16.8 Å². The van der Waals surface area contributed by atoms with Gasteiger partial charge in [-0.25, -0.2) is 4.39 Å². The number of fused-ring (bicyclic) bond motifs is 1. The largest absolute Gasteiger partial charge is 0.381 e. The molecule has 0 aromatic heterocycles. The Bertz CT molecular complexity index is 863. The van der Waals surface area contributed by atoms with Crippen molar-refractivity contribution in [2.75, 3.05) is 43.2 Å². The van der Waals surface area contributed by atoms with Gasteiger partial charge < -0.3 is 14.5 Å². The zero-order chi connectivity index (χ0) is 19.7. The Morgan fingerprint density at radius 2 is 1.79 bits per heavy atom. The van der Waals surface area contributed by atoms with Gasteiger partial charge in [-0.3, -0.25) is 4.79 Å². The lowest BCUT2D eigenvalue weighted by Gasteiger charge is -2.40. The van der Waals surface area contributed by atoms with Crippen molar-refractivity contribution in [2.45, 2.75) is 25.2 Å². The molecule has 4 nitrogen and oxygen atoms in total. The SMILES string of the molecule is CC1CN(C)c2ccccc2N(C(=O)C2(c3cccc(F)c3)CCOCC2)C1. The van der Waals surface area contributed by atoms with Gasteiger partial charge in [-0.2, -0.15) is 0 Å². The summed E-state index contributed by atoms with van der Waals surface area (Å²) >= 11 is 0. The van der Waals surface area contributed by atoms with Crippen LogP contribution in [-0.2, 0) is 14.9 Å². The number of halogens is 1. The van der Waals surface area contributed by atoms with Crippen LogP contribution in [0, 0.1) is 11.7 Å². The monoisotopic (exact) mass is 382 g/mol. The van der Waals surface area contributed by atoms with E-state index in [2.05, 4.69) is 24.9 Å². The number of hydrogen-bond donors (Lipinski definition) is 0. The molecule has 0 saturated carbocycles. The first-order valence-electron chi connectivity index (χ1n) is 9.97. The van der Waals surface area contributed by atoms with E-state index in [9.17, 15) is 9.18 Å². The first-order valence-corrected chi connectivity index (χ1v) is 9.97. The van der Waals surface area contributed by atoms with Crippen LogP contribution >= 0.6 is 0 Å². The number of carbonyl (C=O) groups excluding carboxylic acids is 1. The van der Waals surface area contributed by atoms with Crippen LogP contribution in [0.3, 0.4) is 0 Å². The molecule has 1 fully saturated rings. The Morgan fingerprint density at radius 3 is 2.50 bits per heavy atom. The molecule has 2 aromatic carbocycles. The van der Waals surface area contributed by atoms with Crippen molar-refractivity contribution in [3.8, 4) is 0 Å². The number of hydrogen-bond acceptors (Lipinski definition) is 3. The molecule has 0 aliphatic carbocycles. The molecule has 0 bridgehead atoms. The number of amides is 1. The van der Waals surface area contributed by atoms with Gasteiger partial charge in [0.2, 0.25) is 5.91 Å². The first-order chi connectivity index (χ1) is 13.5. The second-order valence-corrected chi connectivity index (χ2v) is 8.09. The van der Waals surface area contributed by atoms with Crippen molar-refractivity contribution in [3.63, 3.8) is 0 Å². The van der Waals surface area contributed by atoms with Crippen molar-refractivity contribution < 1.29 is 13.9 Å². The molecule has 0 N–H and O–H groups in total. The molecule has 148 valence electrons. The number of anilines is 2. The number of para-hydroxylation sites is 2. The molecular weight excluding hydrogens is 355 g/mol. The van der Waals surface area contributed by atoms with Gasteiger partial charge in [0.1, 0.15) is 5.82 Å². The topological polar surface area (TPSA) is 32.8 Å². The van der Waals surface area contributed by atoms with Gasteiger partial charge in [-0.05, 0) is 48.6 Å². The fourth-order valence-corrected chi connectivity index (χ4v) is 4.63. The Morgan fingerprint density at radius 1 is 1.07 bits per heavy atom. The molecule has 2 aliphatic rings. The van der Waals surface area contributed by atoms with Crippen molar-refractivity contribution in [3.05, 3.63) is 59.9 Å². The van der Waals surface area contributed by atoms with Crippen LogP contribution < -0.4 is 9.80 Å². The van der Waals surface area contributed by atoms with Gasteiger partial charge in [-0.15, -0.1) is 0 Å². The fraction of sp³-hybridized carbons (Fsp3) is 0.435. The van der Waals surface area contributed by atoms with Gasteiger partial charge in [0.25, 0.3) is 0 Å². The Hall–Kier alpha value is -2.40. The second-order valence-electron chi connectivity index (χ2n) is 8.09. The van der Waals surface area contributed by atoms with E-state index in [1.54, 1.807) is 6.07 Å². The summed E-state index contributed by atoms with van der Waals surface area (Å²) < 4.78 is 19.6. The quantitative estimate of drug-likeness (QED) is 0.787. The van der Waals surface area contributed by atoms with Crippen LogP contribution in [0.1, 0.15) is 25.3 Å². The number of rotatable bonds is 2. The molecule has 1 saturated heterocycles. The zero-order valence-electron chi connectivity index (χ0n) is 16.5. The van der Waals surface area contributed by atoms with Crippen molar-refractivity contribution in [1.82, 2.24) is 0 Å². The predicted octanol–water partition coefficient (Wildman–Crippen LogP) is 3.99. The number of nitrogens with zero attached hydrogens (tertiary/aromatic N) is 2. The van der Waals surface area contributed by atoms with E-state index in [1.807, 2.05) is 29.2 Å². The minimum atomic E-state index is -0.754. The number of ether oxygens (including phenoxy) is 1. The predicted molar refractivity (Wildman–Crippen MR) is 109 cm³/mol. The second kappa shape index (κ2) is 7.55. The van der Waals surface area contributed by atoms with Crippen molar-refractivity contribution in [1.29, 1.82) is 0 Å². The van der Waals surface area contributed by atoms with Crippen LogP contribution in [0.4, 0.5) is 15.8 Å². The van der Waals surface area contributed by atoms with E-state index in [-0.39, 0.29) is 11.7 Å². The molecule has 0 radical (unpaired) electrons. The van der Waals surface area contributed by atoms with Crippen LogP contribution in [0.5, 0.6) is 0 Å². The van der Waals surface area contributed by atoms with Gasteiger partial charge in [0, 0.05) is 33.4 Å². The maximum Gasteiger partial charge on any atom is 0.237 e. The summed E-state index contributed by atoms with van der Waals surface area (Å²) in [6, 6.07) is 14.6. The zero-order valence-corrected chi connectivity index (χ0v) is 16.5. The van der Waals surface area contributed by atoms with E-state index in [0.29, 0.717) is 38.5 Å². The fourth-order valence-electron chi connectivity index (χ4n) is 4.63. The van der Waals surface area contributed by atoms with Crippen LogP contribution in [0.2, 0.25) is 0 Å². The third kappa shape index (κ3) is 3.28. The van der Waals surface area contributed by atoms with Crippen molar-refractivity contribution >= 4 is 17.3 Å². The Labute approximate surface area is 165 Å². The van der Waals surface area contributed by atoms with E-state index in [4.69, 9.17) is 4.74 Å². The highest BCUT2D eigenvalue weighted by Crippen LogP contribution is 2.41. The third-order valence-corrected chi connectivity index (χ3v) is 6.04. The standard InChI is InChI=1S/C23H27FN2O2/c1-17-15-25(2)20-8-3-4-9-21(20)26(16-17)22(27)23(10-12-28-13-11-23)18-6-5-7-19(24)14-18/h3-9,14,17H,10-13,15-16H2,1-2H3. The highest BCUT2D eigenvalue weighted by molar-refractivity contribution is 6.03. The average molecular weight is 382 g/mol. The lowest BCUT2D eigenvalue weighted by molar-refractivity contribution is -0.127. The van der Waals surface area contributed by atoms with E-state index < -0.39 is 5.41 Å². The maximum absolute atomic E-state index is 14.1. The molecule has 28 heavy (non-hydrogen) atoms. The van der Waals surface area contributed by atoms with E-state index in [1.165, 1.54) is 12.1 Å². The lowest BCUT2D eigenvalue weighted by atomic mass is 9.72. The first kappa shape index (κ1) is 18.9. The summed E-state index contributed by atoms with van der Waals surface area (Å²) in [5.74, 6) is 0.0716. The summed E-state index contributed by atoms with van der Waals surface area (Å²) in [6.45, 7) is 4.72. The molecule has 2 heterocycles. The Balaban J connectivity index is 1.81. The smallest absolute Gasteiger partial charge is 0.237 e. The van der Waals surface area contributed by atoms with E-state index >= 15 is 0 Å². The van der Waals surface area contributed by atoms with E-state index in [0.717, 1.165) is 23.5 Å². The molecule has 1 unspecified atom stereocenters. The average Bonchev–Trinajstić information content (AvgIpc) is 2.84. The summed E-state index contributed by atoms with van der Waals surface area (Å²) in [7, 11) is 2.07. The maximum atomic E-state index is 14.1. The molecule has 1 amide bonds. The summed E-state index contributed by atoms with van der Waals surface area (Å²) in [4.78, 5) is 18.2.